The summed E-state index contributed by atoms with van der Waals surface area (Å²) in [6, 6.07) is 20.4. The van der Waals surface area contributed by atoms with Crippen molar-refractivity contribution in [1.29, 1.82) is 0 Å². The number of carbonyl (C=O) groups excluding carboxylic acids is 1. The molecular formula is C23H28N4OS. The van der Waals surface area contributed by atoms with Gasteiger partial charge >= 0.3 is 0 Å². The minimum absolute atomic E-state index is 0.158. The lowest BCUT2D eigenvalue weighted by Crippen LogP contribution is -2.33. The van der Waals surface area contributed by atoms with Gasteiger partial charge in [-0.25, -0.2) is 0 Å². The van der Waals surface area contributed by atoms with Crippen LogP contribution in [-0.4, -0.2) is 44.4 Å². The molecule has 152 valence electrons. The van der Waals surface area contributed by atoms with Crippen molar-refractivity contribution in [2.24, 2.45) is 0 Å². The van der Waals surface area contributed by atoms with Crippen LogP contribution >= 0.6 is 11.8 Å². The molecule has 0 bridgehead atoms. The lowest BCUT2D eigenvalue weighted by atomic mass is 10.1. The molecule has 2 aromatic carbocycles. The number of amides is 1. The third-order valence-electron chi connectivity index (χ3n) is 4.58. The number of benzene rings is 2. The Kier molecular flexibility index (Phi) is 7.87. The minimum atomic E-state index is 0.158. The molecule has 1 aromatic heterocycles. The van der Waals surface area contributed by atoms with Crippen molar-refractivity contribution in [2.75, 3.05) is 18.8 Å². The Morgan fingerprint density at radius 3 is 2.17 bits per heavy atom. The van der Waals surface area contributed by atoms with Crippen molar-refractivity contribution in [1.82, 2.24) is 19.7 Å². The number of carbonyl (C=O) groups is 1. The molecule has 0 aliphatic carbocycles. The molecule has 0 aliphatic rings. The van der Waals surface area contributed by atoms with E-state index in [9.17, 15) is 4.79 Å². The van der Waals surface area contributed by atoms with Crippen LogP contribution in [0, 0.1) is 0 Å². The van der Waals surface area contributed by atoms with Gasteiger partial charge < -0.3 is 4.90 Å². The number of nitrogens with zero attached hydrogens (tertiary/aromatic N) is 4. The second kappa shape index (κ2) is 10.8. The zero-order chi connectivity index (χ0) is 20.5. The summed E-state index contributed by atoms with van der Waals surface area (Å²) in [7, 11) is 0. The SMILES string of the molecule is CCCN(CCC)C(=O)CSc1nnc(Cc2ccccc2)n1-c1ccccc1. The maximum atomic E-state index is 12.7. The molecule has 0 fully saturated rings. The molecule has 0 spiro atoms. The van der Waals surface area contributed by atoms with Crippen molar-refractivity contribution in [3.05, 3.63) is 72.1 Å². The lowest BCUT2D eigenvalue weighted by molar-refractivity contribution is -0.128. The van der Waals surface area contributed by atoms with Crippen molar-refractivity contribution in [3.63, 3.8) is 0 Å². The summed E-state index contributed by atoms with van der Waals surface area (Å²) in [6.07, 6.45) is 2.63. The van der Waals surface area contributed by atoms with E-state index >= 15 is 0 Å². The van der Waals surface area contributed by atoms with Crippen LogP contribution < -0.4 is 0 Å². The Labute approximate surface area is 177 Å². The summed E-state index contributed by atoms with van der Waals surface area (Å²) in [5, 5.41) is 9.62. The van der Waals surface area contributed by atoms with Gasteiger partial charge in [0.1, 0.15) is 5.82 Å². The molecule has 29 heavy (non-hydrogen) atoms. The predicted molar refractivity (Wildman–Crippen MR) is 118 cm³/mol. The second-order valence-electron chi connectivity index (χ2n) is 6.90. The lowest BCUT2D eigenvalue weighted by Gasteiger charge is -2.21. The molecule has 6 heteroatoms. The van der Waals surface area contributed by atoms with Gasteiger partial charge in [-0.2, -0.15) is 0 Å². The standard InChI is InChI=1S/C23H28N4OS/c1-3-15-26(16-4-2)22(28)18-29-23-25-24-21(17-19-11-7-5-8-12-19)27(23)20-13-9-6-10-14-20/h5-14H,3-4,15-18H2,1-2H3. The van der Waals surface area contributed by atoms with Gasteiger partial charge in [-0.3, -0.25) is 9.36 Å². The van der Waals surface area contributed by atoms with Crippen molar-refractivity contribution >= 4 is 17.7 Å². The van der Waals surface area contributed by atoms with Crippen LogP contribution in [0.15, 0.2) is 65.8 Å². The summed E-state index contributed by atoms with van der Waals surface area (Å²) in [5.41, 5.74) is 2.19. The Bertz CT molecular complexity index is 890. The van der Waals surface area contributed by atoms with Crippen LogP contribution in [0.5, 0.6) is 0 Å². The van der Waals surface area contributed by atoms with Crippen LogP contribution in [0.4, 0.5) is 0 Å². The Hall–Kier alpha value is -2.60. The summed E-state index contributed by atoms with van der Waals surface area (Å²) >= 11 is 1.46. The topological polar surface area (TPSA) is 51.0 Å². The van der Waals surface area contributed by atoms with E-state index in [4.69, 9.17) is 0 Å². The highest BCUT2D eigenvalue weighted by atomic mass is 32.2. The number of rotatable bonds is 10. The van der Waals surface area contributed by atoms with Gasteiger partial charge in [0.25, 0.3) is 0 Å². The quantitative estimate of drug-likeness (QED) is 0.460. The molecule has 5 nitrogen and oxygen atoms in total. The average Bonchev–Trinajstić information content (AvgIpc) is 3.15. The number of thioether (sulfide) groups is 1. The van der Waals surface area contributed by atoms with Gasteiger partial charge in [0, 0.05) is 25.2 Å². The normalized spacial score (nSPS) is 10.8. The summed E-state index contributed by atoms with van der Waals surface area (Å²) < 4.78 is 2.06. The number of hydrogen-bond acceptors (Lipinski definition) is 4. The first kappa shape index (κ1) is 21.1. The van der Waals surface area contributed by atoms with E-state index < -0.39 is 0 Å². The van der Waals surface area contributed by atoms with Crippen LogP contribution in [0.3, 0.4) is 0 Å². The number of para-hydroxylation sites is 1. The van der Waals surface area contributed by atoms with Crippen molar-refractivity contribution < 1.29 is 4.79 Å². The van der Waals surface area contributed by atoms with Gasteiger partial charge in [-0.05, 0) is 30.5 Å². The van der Waals surface area contributed by atoms with Crippen molar-refractivity contribution in [2.45, 2.75) is 38.3 Å². The fraction of sp³-hybridized carbons (Fsp3) is 0.348. The summed E-state index contributed by atoms with van der Waals surface area (Å²) in [4.78, 5) is 14.6. The maximum absolute atomic E-state index is 12.7. The third kappa shape index (κ3) is 5.70. The van der Waals surface area contributed by atoms with E-state index in [0.29, 0.717) is 12.2 Å². The molecule has 1 amide bonds. The van der Waals surface area contributed by atoms with Gasteiger partial charge in [0.2, 0.25) is 5.91 Å². The summed E-state index contributed by atoms with van der Waals surface area (Å²) in [6.45, 7) is 5.81. The Morgan fingerprint density at radius 1 is 0.931 bits per heavy atom. The van der Waals surface area contributed by atoms with Crippen molar-refractivity contribution in [3.8, 4) is 5.69 Å². The van der Waals surface area contributed by atoms with Crippen LogP contribution in [0.2, 0.25) is 0 Å². The van der Waals surface area contributed by atoms with Gasteiger partial charge in [0.05, 0.1) is 5.75 Å². The fourth-order valence-corrected chi connectivity index (χ4v) is 4.12. The molecule has 0 N–H and O–H groups in total. The van der Waals surface area contributed by atoms with Crippen LogP contribution in [-0.2, 0) is 11.2 Å². The number of aromatic nitrogens is 3. The zero-order valence-electron chi connectivity index (χ0n) is 17.1. The molecule has 0 radical (unpaired) electrons. The fourth-order valence-electron chi connectivity index (χ4n) is 3.24. The molecule has 0 aliphatic heterocycles. The minimum Gasteiger partial charge on any atom is -0.342 e. The molecule has 0 atom stereocenters. The highest BCUT2D eigenvalue weighted by molar-refractivity contribution is 7.99. The van der Waals surface area contributed by atoms with Gasteiger partial charge in [0.15, 0.2) is 5.16 Å². The van der Waals surface area contributed by atoms with Gasteiger partial charge in [-0.15, -0.1) is 10.2 Å². The molecular weight excluding hydrogens is 380 g/mol. The first-order chi connectivity index (χ1) is 14.2. The maximum Gasteiger partial charge on any atom is 0.233 e. The predicted octanol–water partition coefficient (Wildman–Crippen LogP) is 4.60. The highest BCUT2D eigenvalue weighted by Gasteiger charge is 2.18. The van der Waals surface area contributed by atoms with Crippen LogP contribution in [0.1, 0.15) is 38.1 Å². The largest absolute Gasteiger partial charge is 0.342 e. The van der Waals surface area contributed by atoms with Gasteiger partial charge in [-0.1, -0.05) is 74.1 Å². The smallest absolute Gasteiger partial charge is 0.233 e. The highest BCUT2D eigenvalue weighted by Crippen LogP contribution is 2.24. The average molecular weight is 409 g/mol. The van der Waals surface area contributed by atoms with E-state index in [1.165, 1.54) is 17.3 Å². The Balaban J connectivity index is 1.82. The van der Waals surface area contributed by atoms with E-state index in [1.807, 2.05) is 53.4 Å². The van der Waals surface area contributed by atoms with Crippen LogP contribution in [0.25, 0.3) is 5.69 Å². The van der Waals surface area contributed by atoms with E-state index in [2.05, 4.69) is 40.7 Å². The van der Waals surface area contributed by atoms with E-state index in [1.54, 1.807) is 0 Å². The zero-order valence-corrected chi connectivity index (χ0v) is 17.9. The second-order valence-corrected chi connectivity index (χ2v) is 7.84. The molecule has 0 saturated heterocycles. The first-order valence-corrected chi connectivity index (χ1v) is 11.2. The Morgan fingerprint density at radius 2 is 1.55 bits per heavy atom. The van der Waals surface area contributed by atoms with E-state index in [-0.39, 0.29) is 5.91 Å². The molecule has 0 unspecified atom stereocenters. The molecule has 0 saturated carbocycles. The van der Waals surface area contributed by atoms with E-state index in [0.717, 1.165) is 42.6 Å². The molecule has 3 aromatic rings. The summed E-state index contributed by atoms with van der Waals surface area (Å²) in [5.74, 6) is 1.40. The monoisotopic (exact) mass is 408 g/mol. The first-order valence-electron chi connectivity index (χ1n) is 10.2. The number of hydrogen-bond donors (Lipinski definition) is 0. The molecule has 1 heterocycles. The molecule has 3 rings (SSSR count). The third-order valence-corrected chi connectivity index (χ3v) is 5.50.